The van der Waals surface area contributed by atoms with Gasteiger partial charge in [0.1, 0.15) is 0 Å². The van der Waals surface area contributed by atoms with Gasteiger partial charge in [0.25, 0.3) is 11.5 Å². The Morgan fingerprint density at radius 1 is 1.26 bits per heavy atom. The maximum absolute atomic E-state index is 14.4. The van der Waals surface area contributed by atoms with Crippen molar-refractivity contribution in [1.82, 2.24) is 20.3 Å². The van der Waals surface area contributed by atoms with Crippen LogP contribution in [0.2, 0.25) is 0 Å². The van der Waals surface area contributed by atoms with Gasteiger partial charge < -0.3 is 9.72 Å². The van der Waals surface area contributed by atoms with Crippen LogP contribution in [0.4, 0.5) is 0 Å². The molecule has 1 aromatic carbocycles. The third kappa shape index (κ3) is 5.71. The summed E-state index contributed by atoms with van der Waals surface area (Å²) in [5.41, 5.74) is 5.69. The number of aryl methyl sites for hydroxylation is 2. The zero-order valence-electron chi connectivity index (χ0n) is 22.3. The van der Waals surface area contributed by atoms with Crippen molar-refractivity contribution >= 4 is 17.4 Å². The molecule has 2 amide bonds. The third-order valence-corrected chi connectivity index (χ3v) is 7.40. The van der Waals surface area contributed by atoms with E-state index < -0.39 is 17.4 Å². The Kier molecular flexibility index (Phi) is 8.44. The lowest BCUT2D eigenvalue weighted by Gasteiger charge is -2.47. The molecule has 38 heavy (non-hydrogen) atoms. The van der Waals surface area contributed by atoms with Gasteiger partial charge in [-0.1, -0.05) is 62.1 Å². The van der Waals surface area contributed by atoms with Crippen molar-refractivity contribution in [3.05, 3.63) is 100 Å². The first-order chi connectivity index (χ1) is 18.3. The molecule has 2 N–H and O–H groups in total. The molecule has 1 saturated heterocycles. The van der Waals surface area contributed by atoms with E-state index in [0.29, 0.717) is 38.3 Å². The Balaban J connectivity index is 1.78. The highest BCUT2D eigenvalue weighted by atomic mass is 16.5. The quantitative estimate of drug-likeness (QED) is 0.436. The van der Waals surface area contributed by atoms with E-state index in [9.17, 15) is 14.4 Å². The number of ether oxygens (including phenoxy) is 1. The standard InChI is InChI=1S/C30H36N4O4/c1-5-22-18-21(3)31-28(36)25(22)20-34(32-27(35)6-2)29(37)26-19-24(23-10-8-7-9-11-23)12-13-30(26,4)33-14-16-38-17-15-33/h6-13,18-19,26H,2,5,14-17,20H2,1,3-4H3,(H,31,36)(H,32,35). The lowest BCUT2D eigenvalue weighted by Crippen LogP contribution is -2.60. The maximum atomic E-state index is 14.4. The van der Waals surface area contributed by atoms with Gasteiger partial charge in [-0.2, -0.15) is 0 Å². The predicted octanol–water partition coefficient (Wildman–Crippen LogP) is 3.15. The number of aromatic nitrogens is 1. The molecule has 2 aliphatic rings. The Morgan fingerprint density at radius 2 is 1.97 bits per heavy atom. The number of pyridine rings is 1. The van der Waals surface area contributed by atoms with Crippen LogP contribution in [0.3, 0.4) is 0 Å². The molecule has 2 heterocycles. The molecule has 200 valence electrons. The fourth-order valence-corrected chi connectivity index (χ4v) is 5.21. The first-order valence-corrected chi connectivity index (χ1v) is 13.0. The lowest BCUT2D eigenvalue weighted by atomic mass is 9.76. The summed E-state index contributed by atoms with van der Waals surface area (Å²) < 4.78 is 5.58. The van der Waals surface area contributed by atoms with Gasteiger partial charge in [0.05, 0.1) is 31.2 Å². The molecule has 2 aromatic rings. The van der Waals surface area contributed by atoms with E-state index in [-0.39, 0.29) is 18.0 Å². The topological polar surface area (TPSA) is 94.7 Å². The Labute approximate surface area is 223 Å². The van der Waals surface area contributed by atoms with Gasteiger partial charge >= 0.3 is 0 Å². The number of nitrogens with zero attached hydrogens (tertiary/aromatic N) is 2. The number of aromatic amines is 1. The normalized spacial score (nSPS) is 21.4. The molecular formula is C30H36N4O4. The van der Waals surface area contributed by atoms with Crippen LogP contribution in [0.5, 0.6) is 0 Å². The fraction of sp³-hybridized carbons (Fsp3) is 0.367. The van der Waals surface area contributed by atoms with Crippen molar-refractivity contribution in [3.63, 3.8) is 0 Å². The summed E-state index contributed by atoms with van der Waals surface area (Å²) in [6.07, 6.45) is 7.84. The molecule has 0 radical (unpaired) electrons. The van der Waals surface area contributed by atoms with Gasteiger partial charge in [-0.05, 0) is 49.1 Å². The van der Waals surface area contributed by atoms with Crippen LogP contribution in [0.15, 0.2) is 72.1 Å². The number of carbonyl (C=O) groups excluding carboxylic acids is 2. The van der Waals surface area contributed by atoms with Crippen molar-refractivity contribution in [3.8, 4) is 0 Å². The summed E-state index contributed by atoms with van der Waals surface area (Å²) in [6.45, 7) is 11.8. The highest BCUT2D eigenvalue weighted by molar-refractivity contribution is 5.92. The van der Waals surface area contributed by atoms with E-state index in [1.165, 1.54) is 5.01 Å². The minimum absolute atomic E-state index is 0.0644. The minimum Gasteiger partial charge on any atom is -0.379 e. The van der Waals surface area contributed by atoms with Gasteiger partial charge in [-0.25, -0.2) is 5.01 Å². The SMILES string of the molecule is C=CC(=O)NN(Cc1c(CC)cc(C)[nH]c1=O)C(=O)C1C=C(c2ccccc2)C=CC1(C)N1CCOCC1. The first kappa shape index (κ1) is 27.3. The van der Waals surface area contributed by atoms with Gasteiger partial charge in [0.2, 0.25) is 5.91 Å². The molecule has 8 nitrogen and oxygen atoms in total. The average molecular weight is 517 g/mol. The molecule has 0 spiro atoms. The van der Waals surface area contributed by atoms with Crippen LogP contribution < -0.4 is 11.0 Å². The number of rotatable bonds is 7. The Bertz CT molecular complexity index is 1310. The first-order valence-electron chi connectivity index (χ1n) is 13.0. The Hall–Kier alpha value is -3.75. The highest BCUT2D eigenvalue weighted by Gasteiger charge is 2.45. The van der Waals surface area contributed by atoms with E-state index in [4.69, 9.17) is 4.74 Å². The van der Waals surface area contributed by atoms with Crippen LogP contribution in [-0.4, -0.2) is 58.5 Å². The van der Waals surface area contributed by atoms with Crippen LogP contribution in [-0.2, 0) is 27.3 Å². The smallest absolute Gasteiger partial charge is 0.261 e. The van der Waals surface area contributed by atoms with Crippen LogP contribution in [0, 0.1) is 12.8 Å². The van der Waals surface area contributed by atoms with E-state index >= 15 is 0 Å². The van der Waals surface area contributed by atoms with Crippen molar-refractivity contribution in [1.29, 1.82) is 0 Å². The molecule has 1 aromatic heterocycles. The number of hydrogen-bond donors (Lipinski definition) is 2. The van der Waals surface area contributed by atoms with E-state index in [0.717, 1.165) is 28.5 Å². The van der Waals surface area contributed by atoms with Crippen LogP contribution in [0.25, 0.3) is 5.57 Å². The van der Waals surface area contributed by atoms with E-state index in [1.807, 2.05) is 63.2 Å². The molecular weight excluding hydrogens is 480 g/mol. The molecule has 2 atom stereocenters. The minimum atomic E-state index is -0.663. The predicted molar refractivity (Wildman–Crippen MR) is 148 cm³/mol. The summed E-state index contributed by atoms with van der Waals surface area (Å²) in [6, 6.07) is 11.8. The zero-order valence-corrected chi connectivity index (χ0v) is 22.3. The summed E-state index contributed by atoms with van der Waals surface area (Å²) in [4.78, 5) is 44.9. The van der Waals surface area contributed by atoms with E-state index in [2.05, 4.69) is 34.0 Å². The van der Waals surface area contributed by atoms with Crippen LogP contribution in [0.1, 0.15) is 36.2 Å². The molecule has 1 fully saturated rings. The molecule has 8 heteroatoms. The summed E-state index contributed by atoms with van der Waals surface area (Å²) in [7, 11) is 0. The van der Waals surface area contributed by atoms with Gasteiger partial charge in [-0.15, -0.1) is 0 Å². The van der Waals surface area contributed by atoms with Crippen molar-refractivity contribution in [2.75, 3.05) is 26.3 Å². The third-order valence-electron chi connectivity index (χ3n) is 7.40. The average Bonchev–Trinajstić information content (AvgIpc) is 2.94. The number of nitrogens with one attached hydrogen (secondary N) is 2. The largest absolute Gasteiger partial charge is 0.379 e. The maximum Gasteiger partial charge on any atom is 0.261 e. The second kappa shape index (κ2) is 11.8. The lowest BCUT2D eigenvalue weighted by molar-refractivity contribution is -0.146. The Morgan fingerprint density at radius 3 is 2.63 bits per heavy atom. The molecule has 4 rings (SSSR count). The summed E-state index contributed by atoms with van der Waals surface area (Å²) >= 11 is 0. The second-order valence-electron chi connectivity index (χ2n) is 9.87. The number of amides is 2. The molecule has 0 saturated carbocycles. The molecule has 1 aliphatic heterocycles. The van der Waals surface area contributed by atoms with Gasteiger partial charge in [-0.3, -0.25) is 24.7 Å². The summed E-state index contributed by atoms with van der Waals surface area (Å²) in [5.74, 6) is -1.47. The number of hydrazine groups is 1. The molecule has 0 bridgehead atoms. The van der Waals surface area contributed by atoms with Crippen LogP contribution >= 0.6 is 0 Å². The monoisotopic (exact) mass is 516 g/mol. The second-order valence-corrected chi connectivity index (χ2v) is 9.87. The van der Waals surface area contributed by atoms with Gasteiger partial charge in [0, 0.05) is 24.3 Å². The molecule has 1 aliphatic carbocycles. The van der Waals surface area contributed by atoms with Gasteiger partial charge in [0.15, 0.2) is 0 Å². The fourth-order valence-electron chi connectivity index (χ4n) is 5.21. The molecule has 2 unspecified atom stereocenters. The number of benzene rings is 1. The number of H-pyrrole nitrogens is 1. The number of allylic oxidation sites excluding steroid dienone is 2. The van der Waals surface area contributed by atoms with Crippen molar-refractivity contribution in [2.45, 2.75) is 39.3 Å². The highest BCUT2D eigenvalue weighted by Crippen LogP contribution is 2.37. The number of carbonyl (C=O) groups is 2. The van der Waals surface area contributed by atoms with Crippen molar-refractivity contribution < 1.29 is 14.3 Å². The number of hydrogen-bond acceptors (Lipinski definition) is 5. The van der Waals surface area contributed by atoms with Crippen molar-refractivity contribution in [2.24, 2.45) is 5.92 Å². The summed E-state index contributed by atoms with van der Waals surface area (Å²) in [5, 5.41) is 1.27. The van der Waals surface area contributed by atoms with E-state index in [1.54, 1.807) is 0 Å². The number of morpholine rings is 1. The zero-order chi connectivity index (χ0) is 27.3.